The van der Waals surface area contributed by atoms with Gasteiger partial charge in [-0.15, -0.1) is 0 Å². The second kappa shape index (κ2) is 14.9. The van der Waals surface area contributed by atoms with Crippen molar-refractivity contribution in [2.24, 2.45) is 7.05 Å². The number of aromatic nitrogens is 3. The first-order valence-corrected chi connectivity index (χ1v) is 16.0. The van der Waals surface area contributed by atoms with Gasteiger partial charge < -0.3 is 24.5 Å². The first kappa shape index (κ1) is 33.1. The summed E-state index contributed by atoms with van der Waals surface area (Å²) in [6.45, 7) is 9.79. The zero-order valence-corrected chi connectivity index (χ0v) is 27.0. The van der Waals surface area contributed by atoms with Crippen LogP contribution in [0, 0.1) is 18.6 Å². The van der Waals surface area contributed by atoms with Gasteiger partial charge in [-0.25, -0.2) is 13.6 Å². The Morgan fingerprint density at radius 1 is 1.07 bits per heavy atom. The fraction of sp³-hybridized carbons (Fsp3) is 0.389. The van der Waals surface area contributed by atoms with Crippen LogP contribution in [0.2, 0.25) is 0 Å². The smallest absolute Gasteiger partial charge is 0.352 e. The largest absolute Gasteiger partial charge is 0.493 e. The summed E-state index contributed by atoms with van der Waals surface area (Å²) in [6, 6.07) is 13.2. The number of ether oxygens (including phenoxy) is 2. The van der Waals surface area contributed by atoms with Gasteiger partial charge in [0.05, 0.1) is 24.4 Å². The van der Waals surface area contributed by atoms with Crippen LogP contribution in [0.1, 0.15) is 60.5 Å². The molecule has 0 saturated carbocycles. The highest BCUT2D eigenvalue weighted by Gasteiger charge is 2.29. The standard InChI is InChI=1S/C32H31F2N3O4.C4H11N/c1-19-28-26(35-36(19)2)18-40-15-4-3-14-37-30-24(12-13-25(34)29(28)30)23(31(37)32(38)39)8-6-16-41-27-9-5-7-20-17-21(33)10-11-22(20)27;1-3-5-4-2/h5,7,9-13,17H,3-4,6,8,14-16,18H2,1-2H3,(H,38,39);5H,3-4H2,1-2H3. The van der Waals surface area contributed by atoms with Crippen LogP contribution in [0.25, 0.3) is 32.8 Å². The second-order valence-electron chi connectivity index (χ2n) is 11.4. The molecular weight excluding hydrogens is 590 g/mol. The van der Waals surface area contributed by atoms with Crippen molar-refractivity contribution in [2.45, 2.75) is 59.6 Å². The maximum Gasteiger partial charge on any atom is 0.352 e. The van der Waals surface area contributed by atoms with Gasteiger partial charge in [0.2, 0.25) is 0 Å². The van der Waals surface area contributed by atoms with E-state index >= 15 is 4.39 Å². The summed E-state index contributed by atoms with van der Waals surface area (Å²) in [7, 11) is 1.81. The number of aromatic carboxylic acids is 1. The third-order valence-corrected chi connectivity index (χ3v) is 8.43. The SMILES string of the molecule is CCNCC.Cc1c2c(nn1C)COCCCCn1c(C(=O)O)c(CCCOc3cccc4cc(F)ccc34)c3ccc(F)c-2c31. The molecule has 0 fully saturated rings. The number of fused-ring (bicyclic) bond motifs is 3. The van der Waals surface area contributed by atoms with E-state index in [2.05, 4.69) is 24.3 Å². The number of nitrogens with zero attached hydrogens (tertiary/aromatic N) is 3. The Morgan fingerprint density at radius 3 is 2.59 bits per heavy atom. The number of carboxylic acid groups (broad SMARTS) is 1. The van der Waals surface area contributed by atoms with E-state index in [0.717, 1.165) is 36.0 Å². The second-order valence-corrected chi connectivity index (χ2v) is 11.4. The molecule has 0 radical (unpaired) electrons. The van der Waals surface area contributed by atoms with Gasteiger partial charge in [-0.2, -0.15) is 5.10 Å². The number of carbonyl (C=O) groups is 1. The van der Waals surface area contributed by atoms with Crippen molar-refractivity contribution < 1.29 is 28.2 Å². The van der Waals surface area contributed by atoms with E-state index in [1.165, 1.54) is 18.2 Å². The maximum atomic E-state index is 15.8. The van der Waals surface area contributed by atoms with Crippen LogP contribution in [0.3, 0.4) is 0 Å². The van der Waals surface area contributed by atoms with Gasteiger partial charge in [0, 0.05) is 47.8 Å². The van der Waals surface area contributed by atoms with Crippen molar-refractivity contribution in [1.29, 1.82) is 0 Å². The molecular formula is C36H42F2N4O4. The highest BCUT2D eigenvalue weighted by atomic mass is 19.1. The molecule has 0 saturated heterocycles. The predicted molar refractivity (Wildman–Crippen MR) is 177 cm³/mol. The van der Waals surface area contributed by atoms with Crippen molar-refractivity contribution in [3.8, 4) is 16.9 Å². The minimum atomic E-state index is -1.05. The number of hydrogen-bond donors (Lipinski definition) is 2. The molecule has 0 atom stereocenters. The molecule has 0 unspecified atom stereocenters. The summed E-state index contributed by atoms with van der Waals surface area (Å²) >= 11 is 0. The molecule has 0 bridgehead atoms. The predicted octanol–water partition coefficient (Wildman–Crippen LogP) is 7.42. The molecule has 5 aromatic rings. The lowest BCUT2D eigenvalue weighted by molar-refractivity contribution is 0.0683. The third-order valence-electron chi connectivity index (χ3n) is 8.43. The van der Waals surface area contributed by atoms with Crippen molar-refractivity contribution in [3.63, 3.8) is 0 Å². The molecule has 3 heterocycles. The quantitative estimate of drug-likeness (QED) is 0.173. The van der Waals surface area contributed by atoms with E-state index in [9.17, 15) is 14.3 Å². The lowest BCUT2D eigenvalue weighted by Crippen LogP contribution is -2.12. The molecule has 6 rings (SSSR count). The first-order valence-electron chi connectivity index (χ1n) is 16.0. The van der Waals surface area contributed by atoms with E-state index in [1.54, 1.807) is 21.4 Å². The van der Waals surface area contributed by atoms with Crippen molar-refractivity contribution in [2.75, 3.05) is 26.3 Å². The average molecular weight is 633 g/mol. The molecule has 0 aliphatic carbocycles. The van der Waals surface area contributed by atoms with Gasteiger partial charge >= 0.3 is 5.97 Å². The fourth-order valence-corrected chi connectivity index (χ4v) is 6.23. The molecule has 244 valence electrons. The average Bonchev–Trinajstić information content (AvgIpc) is 3.48. The summed E-state index contributed by atoms with van der Waals surface area (Å²) in [4.78, 5) is 12.7. The molecule has 2 aromatic heterocycles. The summed E-state index contributed by atoms with van der Waals surface area (Å²) < 4.78 is 44.8. The molecule has 0 spiro atoms. The number of hydrogen-bond acceptors (Lipinski definition) is 5. The summed E-state index contributed by atoms with van der Waals surface area (Å²) in [5.41, 5.74) is 3.84. The monoisotopic (exact) mass is 632 g/mol. The van der Waals surface area contributed by atoms with Gasteiger partial charge in [0.15, 0.2) is 0 Å². The molecule has 1 aliphatic heterocycles. The maximum absolute atomic E-state index is 15.8. The molecule has 46 heavy (non-hydrogen) atoms. The Morgan fingerprint density at radius 2 is 1.85 bits per heavy atom. The zero-order valence-electron chi connectivity index (χ0n) is 27.0. The van der Waals surface area contributed by atoms with Gasteiger partial charge in [0.1, 0.15) is 23.1 Å². The minimum absolute atomic E-state index is 0.177. The van der Waals surface area contributed by atoms with Crippen LogP contribution in [0.4, 0.5) is 8.78 Å². The Bertz CT molecular complexity index is 1840. The number of benzene rings is 3. The first-order chi connectivity index (χ1) is 22.3. The van der Waals surface area contributed by atoms with Crippen molar-refractivity contribution >= 4 is 27.6 Å². The topological polar surface area (TPSA) is 90.5 Å². The molecule has 2 N–H and O–H groups in total. The Hall–Kier alpha value is -4.28. The van der Waals surface area contributed by atoms with E-state index in [4.69, 9.17) is 9.47 Å². The molecule has 8 nitrogen and oxygen atoms in total. The normalized spacial score (nSPS) is 13.2. The summed E-state index contributed by atoms with van der Waals surface area (Å²) in [5.74, 6) is -1.14. The van der Waals surface area contributed by atoms with Gasteiger partial charge in [-0.1, -0.05) is 26.0 Å². The van der Waals surface area contributed by atoms with Crippen LogP contribution < -0.4 is 10.1 Å². The highest BCUT2D eigenvalue weighted by Crippen LogP contribution is 2.40. The third kappa shape index (κ3) is 6.78. The lowest BCUT2D eigenvalue weighted by atomic mass is 9.97. The Labute approximate surface area is 267 Å². The van der Waals surface area contributed by atoms with Crippen LogP contribution >= 0.6 is 0 Å². The molecule has 10 heteroatoms. The number of aryl methyl sites for hydroxylation is 3. The van der Waals surface area contributed by atoms with Gasteiger partial charge in [-0.3, -0.25) is 4.68 Å². The summed E-state index contributed by atoms with van der Waals surface area (Å²) in [5, 5.41) is 20.4. The summed E-state index contributed by atoms with van der Waals surface area (Å²) in [6.07, 6.45) is 2.39. The van der Waals surface area contributed by atoms with Gasteiger partial charge in [0.25, 0.3) is 0 Å². The Balaban J connectivity index is 0.000000775. The molecule has 0 amide bonds. The van der Waals surface area contributed by atoms with Crippen molar-refractivity contribution in [1.82, 2.24) is 19.7 Å². The fourth-order valence-electron chi connectivity index (χ4n) is 6.23. The Kier molecular flexibility index (Phi) is 10.7. The molecule has 3 aromatic carbocycles. The zero-order chi connectivity index (χ0) is 32.8. The van der Waals surface area contributed by atoms with Crippen LogP contribution in [-0.4, -0.2) is 51.7 Å². The van der Waals surface area contributed by atoms with E-state index < -0.39 is 11.8 Å². The minimum Gasteiger partial charge on any atom is -0.493 e. The van der Waals surface area contributed by atoms with Gasteiger partial charge in [-0.05, 0) is 93.0 Å². The number of rotatable bonds is 8. The van der Waals surface area contributed by atoms with Crippen LogP contribution in [-0.2, 0) is 31.4 Å². The van der Waals surface area contributed by atoms with Crippen molar-refractivity contribution in [3.05, 3.63) is 82.8 Å². The van der Waals surface area contributed by atoms with Crippen LogP contribution in [0.15, 0.2) is 48.5 Å². The molecule has 1 aliphatic rings. The number of carboxylic acids is 1. The van der Waals surface area contributed by atoms with E-state index in [1.807, 2.05) is 32.2 Å². The van der Waals surface area contributed by atoms with E-state index in [0.29, 0.717) is 78.1 Å². The lowest BCUT2D eigenvalue weighted by Gasteiger charge is -2.12. The number of halogens is 2. The highest BCUT2D eigenvalue weighted by molar-refractivity contribution is 6.04. The van der Waals surface area contributed by atoms with E-state index in [-0.39, 0.29) is 18.1 Å². The van der Waals surface area contributed by atoms with Crippen LogP contribution in [0.5, 0.6) is 5.75 Å². The number of nitrogens with one attached hydrogen (secondary N) is 1.